The Balaban J connectivity index is 2.11. The molecule has 0 aliphatic rings. The molecule has 1 heterocycles. The monoisotopic (exact) mass is 384 g/mol. The van der Waals surface area contributed by atoms with Gasteiger partial charge in [-0.25, -0.2) is 0 Å². The molecule has 0 saturated carbocycles. The first kappa shape index (κ1) is 19.2. The summed E-state index contributed by atoms with van der Waals surface area (Å²) in [5.41, 5.74) is 2.84. The number of fused-ring (bicyclic) bond motifs is 1. The summed E-state index contributed by atoms with van der Waals surface area (Å²) in [7, 11) is 3.12. The van der Waals surface area contributed by atoms with E-state index in [0.29, 0.717) is 21.9 Å². The highest BCUT2D eigenvalue weighted by Gasteiger charge is 2.12. The number of hydrogen-bond donors (Lipinski definition) is 0. The molecule has 0 fully saturated rings. The van der Waals surface area contributed by atoms with Crippen molar-refractivity contribution in [3.8, 4) is 11.5 Å². The number of nitrogens with zero attached hydrogens (tertiary/aromatic N) is 2. The van der Waals surface area contributed by atoms with E-state index in [9.17, 15) is 4.79 Å². The van der Waals surface area contributed by atoms with E-state index in [-0.39, 0.29) is 5.91 Å². The number of benzene rings is 2. The van der Waals surface area contributed by atoms with Gasteiger partial charge in [-0.2, -0.15) is 4.99 Å². The number of aryl methyl sites for hydroxylation is 2. The predicted octanol–water partition coefficient (Wildman–Crippen LogP) is 4.43. The second-order valence-corrected chi connectivity index (χ2v) is 7.22. The molecular formula is C21H24N2O3S. The van der Waals surface area contributed by atoms with Gasteiger partial charge in [-0.15, -0.1) is 0 Å². The van der Waals surface area contributed by atoms with Gasteiger partial charge >= 0.3 is 0 Å². The number of ether oxygens (including phenoxy) is 2. The molecule has 1 aromatic heterocycles. The maximum absolute atomic E-state index is 12.8. The number of methoxy groups -OCH3 is 2. The molecule has 0 aliphatic heterocycles. The number of carbonyl (C=O) groups excluding carboxylic acids is 1. The Bertz CT molecular complexity index is 1010. The van der Waals surface area contributed by atoms with E-state index in [1.807, 2.05) is 0 Å². The van der Waals surface area contributed by atoms with Gasteiger partial charge in [-0.05, 0) is 42.7 Å². The maximum Gasteiger partial charge on any atom is 0.279 e. The third-order valence-electron chi connectivity index (χ3n) is 4.40. The Morgan fingerprint density at radius 3 is 2.37 bits per heavy atom. The van der Waals surface area contributed by atoms with Gasteiger partial charge in [0.2, 0.25) is 0 Å². The fraction of sp³-hybridized carbons (Fsp3) is 0.333. The van der Waals surface area contributed by atoms with Gasteiger partial charge in [0, 0.05) is 18.2 Å². The second kappa shape index (κ2) is 8.39. The Hall–Kier alpha value is -2.60. The molecule has 2 aromatic carbocycles. The molecule has 0 atom stereocenters. The molecule has 0 unspecified atom stereocenters. The molecule has 0 spiro atoms. The molecule has 0 bridgehead atoms. The van der Waals surface area contributed by atoms with Gasteiger partial charge in [0.05, 0.1) is 24.4 Å². The van der Waals surface area contributed by atoms with E-state index in [4.69, 9.17) is 9.47 Å². The normalized spacial score (nSPS) is 11.8. The van der Waals surface area contributed by atoms with Gasteiger partial charge in [-0.3, -0.25) is 4.79 Å². The van der Waals surface area contributed by atoms with Crippen molar-refractivity contribution in [2.75, 3.05) is 14.2 Å². The van der Waals surface area contributed by atoms with Crippen LogP contribution in [-0.2, 0) is 13.0 Å². The number of aromatic nitrogens is 1. The van der Waals surface area contributed by atoms with E-state index >= 15 is 0 Å². The highest BCUT2D eigenvalue weighted by atomic mass is 32.1. The van der Waals surface area contributed by atoms with Crippen LogP contribution in [0.25, 0.3) is 10.2 Å². The van der Waals surface area contributed by atoms with E-state index in [1.165, 1.54) is 5.56 Å². The molecular weight excluding hydrogens is 360 g/mol. The fourth-order valence-corrected chi connectivity index (χ4v) is 4.06. The zero-order chi connectivity index (χ0) is 19.4. The minimum Gasteiger partial charge on any atom is -0.497 e. The zero-order valence-corrected chi connectivity index (χ0v) is 16.9. The number of hydrogen-bond acceptors (Lipinski definition) is 4. The summed E-state index contributed by atoms with van der Waals surface area (Å²) < 4.78 is 13.8. The molecule has 3 aromatic rings. The quantitative estimate of drug-likeness (QED) is 0.632. The number of amides is 1. The molecule has 5 nitrogen and oxygen atoms in total. The van der Waals surface area contributed by atoms with Crippen LogP contribution < -0.4 is 14.3 Å². The summed E-state index contributed by atoms with van der Waals surface area (Å²) in [5, 5.41) is 0. The average Bonchev–Trinajstić information content (AvgIpc) is 3.03. The van der Waals surface area contributed by atoms with Crippen LogP contribution in [0.1, 0.15) is 36.2 Å². The van der Waals surface area contributed by atoms with Crippen LogP contribution in [0.4, 0.5) is 0 Å². The molecule has 142 valence electrons. The van der Waals surface area contributed by atoms with Gasteiger partial charge in [-0.1, -0.05) is 31.3 Å². The summed E-state index contributed by atoms with van der Waals surface area (Å²) in [6.07, 6.45) is 1.95. The minimum atomic E-state index is -0.306. The summed E-state index contributed by atoms with van der Waals surface area (Å²) in [4.78, 5) is 18.0. The average molecular weight is 385 g/mol. The highest BCUT2D eigenvalue weighted by molar-refractivity contribution is 7.16. The van der Waals surface area contributed by atoms with Gasteiger partial charge in [0.1, 0.15) is 11.5 Å². The minimum absolute atomic E-state index is 0.306. The lowest BCUT2D eigenvalue weighted by atomic mass is 10.2. The van der Waals surface area contributed by atoms with Crippen molar-refractivity contribution in [2.45, 2.75) is 33.2 Å². The van der Waals surface area contributed by atoms with E-state index in [0.717, 1.165) is 29.6 Å². The first-order valence-corrected chi connectivity index (χ1v) is 9.85. The summed E-state index contributed by atoms with van der Waals surface area (Å²) >= 11 is 1.55. The van der Waals surface area contributed by atoms with Crippen molar-refractivity contribution in [2.24, 2.45) is 4.99 Å². The van der Waals surface area contributed by atoms with Crippen LogP contribution in [0.2, 0.25) is 0 Å². The van der Waals surface area contributed by atoms with Crippen molar-refractivity contribution in [3.05, 3.63) is 52.3 Å². The lowest BCUT2D eigenvalue weighted by Crippen LogP contribution is -2.16. The largest absolute Gasteiger partial charge is 0.497 e. The molecule has 1 amide bonds. The lowest BCUT2D eigenvalue weighted by molar-refractivity contribution is 0.0997. The van der Waals surface area contributed by atoms with E-state index in [1.54, 1.807) is 43.8 Å². The standard InChI is InChI=1S/C21H24N2O3S/c1-5-9-23-18-8-7-14(6-2)10-19(18)27-21(23)22-20(24)15-11-16(25-3)13-17(12-15)26-4/h7-8,10-13H,5-6,9H2,1-4H3. The van der Waals surface area contributed by atoms with E-state index in [2.05, 4.69) is 41.6 Å². The van der Waals surface area contributed by atoms with Crippen LogP contribution in [0.5, 0.6) is 11.5 Å². The SMILES string of the molecule is CCCn1c(=NC(=O)c2cc(OC)cc(OC)c2)sc2cc(CC)ccc21. The lowest BCUT2D eigenvalue weighted by Gasteiger charge is -2.06. The Morgan fingerprint density at radius 2 is 1.78 bits per heavy atom. The molecule has 3 rings (SSSR count). The van der Waals surface area contributed by atoms with Crippen LogP contribution in [0.3, 0.4) is 0 Å². The third-order valence-corrected chi connectivity index (χ3v) is 5.44. The third kappa shape index (κ3) is 4.06. The molecule has 0 saturated heterocycles. The van der Waals surface area contributed by atoms with Crippen molar-refractivity contribution in [1.82, 2.24) is 4.57 Å². The van der Waals surface area contributed by atoms with Crippen molar-refractivity contribution < 1.29 is 14.3 Å². The van der Waals surface area contributed by atoms with E-state index < -0.39 is 0 Å². The maximum atomic E-state index is 12.8. The van der Waals surface area contributed by atoms with Crippen LogP contribution in [0, 0.1) is 0 Å². The van der Waals surface area contributed by atoms with Crippen molar-refractivity contribution in [3.63, 3.8) is 0 Å². The molecule has 0 radical (unpaired) electrons. The molecule has 0 aliphatic carbocycles. The zero-order valence-electron chi connectivity index (χ0n) is 16.1. The topological polar surface area (TPSA) is 52.8 Å². The first-order valence-electron chi connectivity index (χ1n) is 9.04. The Labute approximate surface area is 162 Å². The smallest absolute Gasteiger partial charge is 0.279 e. The van der Waals surface area contributed by atoms with Crippen molar-refractivity contribution >= 4 is 27.5 Å². The number of thiazole rings is 1. The Morgan fingerprint density at radius 1 is 1.07 bits per heavy atom. The second-order valence-electron chi connectivity index (χ2n) is 6.21. The van der Waals surface area contributed by atoms with Crippen molar-refractivity contribution in [1.29, 1.82) is 0 Å². The van der Waals surface area contributed by atoms with Gasteiger partial charge in [0.25, 0.3) is 5.91 Å². The molecule has 6 heteroatoms. The van der Waals surface area contributed by atoms with Crippen LogP contribution in [0.15, 0.2) is 41.4 Å². The summed E-state index contributed by atoms with van der Waals surface area (Å²) in [6.45, 7) is 5.08. The van der Waals surface area contributed by atoms with Gasteiger partial charge < -0.3 is 14.0 Å². The predicted molar refractivity (Wildman–Crippen MR) is 109 cm³/mol. The Kier molecular flexibility index (Phi) is 5.96. The summed E-state index contributed by atoms with van der Waals surface area (Å²) in [5.74, 6) is 0.829. The van der Waals surface area contributed by atoms with Crippen LogP contribution >= 0.6 is 11.3 Å². The number of carbonyl (C=O) groups is 1. The first-order chi connectivity index (χ1) is 13.1. The highest BCUT2D eigenvalue weighted by Crippen LogP contribution is 2.23. The number of rotatable bonds is 6. The molecule has 27 heavy (non-hydrogen) atoms. The molecule has 0 N–H and O–H groups in total. The van der Waals surface area contributed by atoms with Crippen LogP contribution in [-0.4, -0.2) is 24.7 Å². The van der Waals surface area contributed by atoms with Gasteiger partial charge in [0.15, 0.2) is 4.80 Å². The fourth-order valence-electron chi connectivity index (χ4n) is 2.94. The summed E-state index contributed by atoms with van der Waals surface area (Å²) in [6, 6.07) is 11.5.